The van der Waals surface area contributed by atoms with Crippen molar-refractivity contribution in [2.24, 2.45) is 0 Å². The summed E-state index contributed by atoms with van der Waals surface area (Å²) in [6.07, 6.45) is 9.78. The molecule has 0 bridgehead atoms. The summed E-state index contributed by atoms with van der Waals surface area (Å²) in [7, 11) is 0. The molecular weight excluding hydrogens is 232 g/mol. The summed E-state index contributed by atoms with van der Waals surface area (Å²) in [6.45, 7) is 13.9. The molecule has 0 aromatic carbocycles. The predicted molar refractivity (Wildman–Crippen MR) is 84.4 cm³/mol. The van der Waals surface area contributed by atoms with Crippen molar-refractivity contribution in [2.75, 3.05) is 6.61 Å². The number of rotatable bonds is 8. The number of allylic oxidation sites excluding steroid dienone is 2. The number of ether oxygens (including phenoxy) is 1. The Kier molecular flexibility index (Phi) is 7.15. The third-order valence-electron chi connectivity index (χ3n) is 4.06. The Morgan fingerprint density at radius 3 is 2.58 bits per heavy atom. The Morgan fingerprint density at radius 2 is 2.00 bits per heavy atom. The highest BCUT2D eigenvalue weighted by atomic mass is 16.5. The fourth-order valence-corrected chi connectivity index (χ4v) is 2.68. The van der Waals surface area contributed by atoms with Crippen LogP contribution >= 0.6 is 0 Å². The highest BCUT2D eigenvalue weighted by Crippen LogP contribution is 2.33. The zero-order valence-electron chi connectivity index (χ0n) is 13.2. The first kappa shape index (κ1) is 16.2. The molecule has 0 spiro atoms. The van der Waals surface area contributed by atoms with E-state index in [-0.39, 0.29) is 6.10 Å². The molecule has 0 N–H and O–H groups in total. The van der Waals surface area contributed by atoms with E-state index in [9.17, 15) is 0 Å². The second kappa shape index (κ2) is 8.37. The molecule has 0 radical (unpaired) electrons. The Labute approximate surface area is 119 Å². The molecule has 0 aromatic rings. The zero-order valence-corrected chi connectivity index (χ0v) is 13.2. The molecule has 1 aliphatic rings. The van der Waals surface area contributed by atoms with Crippen molar-refractivity contribution in [1.82, 2.24) is 0 Å². The van der Waals surface area contributed by atoms with Gasteiger partial charge in [-0.2, -0.15) is 0 Å². The molecule has 19 heavy (non-hydrogen) atoms. The second-order valence-electron chi connectivity index (χ2n) is 5.46. The van der Waals surface area contributed by atoms with Gasteiger partial charge in [-0.1, -0.05) is 39.3 Å². The van der Waals surface area contributed by atoms with E-state index in [4.69, 9.17) is 4.74 Å². The zero-order chi connectivity index (χ0) is 14.3. The van der Waals surface area contributed by atoms with Gasteiger partial charge in [0, 0.05) is 0 Å². The third kappa shape index (κ3) is 4.35. The maximum Gasteiger partial charge on any atom is 0.0768 e. The van der Waals surface area contributed by atoms with Crippen molar-refractivity contribution in [3.05, 3.63) is 34.9 Å². The van der Waals surface area contributed by atoms with Gasteiger partial charge in [-0.15, -0.1) is 0 Å². The summed E-state index contributed by atoms with van der Waals surface area (Å²) in [5.41, 5.74) is 5.50. The van der Waals surface area contributed by atoms with E-state index in [1.807, 2.05) is 0 Å². The number of unbranched alkanes of at least 4 members (excludes halogenated alkanes) is 2. The number of hydrogen-bond donors (Lipinski definition) is 0. The van der Waals surface area contributed by atoms with E-state index in [1.165, 1.54) is 48.0 Å². The van der Waals surface area contributed by atoms with Crippen molar-refractivity contribution in [3.63, 3.8) is 0 Å². The Hall–Kier alpha value is -0.820. The maximum absolute atomic E-state index is 5.83. The standard InChI is InChI=1S/C18H30O/c1-6-9-11-16(8-3)14(4)18-13-19-15(5)17(18)12-10-7-2/h8,15H,4,6-7,9-13H2,1-3,5H3/b16-8-/t15-/m1/s1. The summed E-state index contributed by atoms with van der Waals surface area (Å²) in [6, 6.07) is 0. The fourth-order valence-electron chi connectivity index (χ4n) is 2.68. The van der Waals surface area contributed by atoms with Crippen molar-refractivity contribution < 1.29 is 4.74 Å². The first-order chi connectivity index (χ1) is 9.15. The molecule has 1 nitrogen and oxygen atoms in total. The molecule has 1 atom stereocenters. The summed E-state index contributed by atoms with van der Waals surface area (Å²) in [5.74, 6) is 0. The van der Waals surface area contributed by atoms with Gasteiger partial charge in [-0.25, -0.2) is 0 Å². The first-order valence-electron chi connectivity index (χ1n) is 7.83. The largest absolute Gasteiger partial charge is 0.369 e. The minimum atomic E-state index is 0.280. The van der Waals surface area contributed by atoms with E-state index in [0.29, 0.717) is 0 Å². The van der Waals surface area contributed by atoms with Crippen LogP contribution in [-0.4, -0.2) is 12.7 Å². The summed E-state index contributed by atoms with van der Waals surface area (Å²) < 4.78 is 5.83. The van der Waals surface area contributed by atoms with Gasteiger partial charge in [0.05, 0.1) is 12.7 Å². The van der Waals surface area contributed by atoms with Crippen LogP contribution in [0.15, 0.2) is 34.9 Å². The minimum absolute atomic E-state index is 0.280. The van der Waals surface area contributed by atoms with Crippen molar-refractivity contribution in [1.29, 1.82) is 0 Å². The molecule has 0 unspecified atom stereocenters. The molecule has 1 heterocycles. The van der Waals surface area contributed by atoms with E-state index >= 15 is 0 Å². The van der Waals surface area contributed by atoms with Crippen LogP contribution in [0.5, 0.6) is 0 Å². The molecule has 0 saturated heterocycles. The SMILES string of the molecule is C=C(C1=C(CCCC)[C@@H](C)OC1)/C(=C\C)CCCC. The van der Waals surface area contributed by atoms with Gasteiger partial charge in [-0.3, -0.25) is 0 Å². The Bertz CT molecular complexity index is 360. The van der Waals surface area contributed by atoms with Gasteiger partial charge >= 0.3 is 0 Å². The van der Waals surface area contributed by atoms with Crippen LogP contribution in [0.4, 0.5) is 0 Å². The van der Waals surface area contributed by atoms with Crippen LogP contribution < -0.4 is 0 Å². The molecule has 108 valence electrons. The van der Waals surface area contributed by atoms with Gasteiger partial charge in [0.2, 0.25) is 0 Å². The molecule has 1 aliphatic heterocycles. The highest BCUT2D eigenvalue weighted by Gasteiger charge is 2.24. The van der Waals surface area contributed by atoms with Gasteiger partial charge < -0.3 is 4.74 Å². The van der Waals surface area contributed by atoms with Gasteiger partial charge in [0.15, 0.2) is 0 Å². The van der Waals surface area contributed by atoms with Crippen molar-refractivity contribution >= 4 is 0 Å². The lowest BCUT2D eigenvalue weighted by atomic mass is 9.90. The average Bonchev–Trinajstić information content (AvgIpc) is 2.78. The molecule has 0 saturated carbocycles. The van der Waals surface area contributed by atoms with Crippen molar-refractivity contribution in [3.8, 4) is 0 Å². The van der Waals surface area contributed by atoms with E-state index in [2.05, 4.69) is 40.3 Å². The van der Waals surface area contributed by atoms with Crippen LogP contribution in [0, 0.1) is 0 Å². The molecule has 0 fully saturated rings. The maximum atomic E-state index is 5.83. The monoisotopic (exact) mass is 262 g/mol. The van der Waals surface area contributed by atoms with Gasteiger partial charge in [-0.05, 0) is 61.8 Å². The van der Waals surface area contributed by atoms with E-state index < -0.39 is 0 Å². The van der Waals surface area contributed by atoms with Gasteiger partial charge in [0.1, 0.15) is 0 Å². The fraction of sp³-hybridized carbons (Fsp3) is 0.667. The van der Waals surface area contributed by atoms with Gasteiger partial charge in [0.25, 0.3) is 0 Å². The van der Waals surface area contributed by atoms with Crippen LogP contribution in [0.25, 0.3) is 0 Å². The number of hydrogen-bond acceptors (Lipinski definition) is 1. The smallest absolute Gasteiger partial charge is 0.0768 e. The third-order valence-corrected chi connectivity index (χ3v) is 4.06. The molecule has 0 amide bonds. The molecular formula is C18H30O. The quantitative estimate of drug-likeness (QED) is 0.518. The lowest BCUT2D eigenvalue weighted by molar-refractivity contribution is 0.132. The highest BCUT2D eigenvalue weighted by molar-refractivity contribution is 5.49. The average molecular weight is 262 g/mol. The van der Waals surface area contributed by atoms with Crippen LogP contribution in [0.3, 0.4) is 0 Å². The summed E-state index contributed by atoms with van der Waals surface area (Å²) in [4.78, 5) is 0. The van der Waals surface area contributed by atoms with Crippen LogP contribution in [0.2, 0.25) is 0 Å². The molecule has 0 aromatic heterocycles. The predicted octanol–water partition coefficient (Wildman–Crippen LogP) is 5.58. The van der Waals surface area contributed by atoms with Crippen LogP contribution in [-0.2, 0) is 4.74 Å². The normalized spacial score (nSPS) is 20.2. The Morgan fingerprint density at radius 1 is 1.32 bits per heavy atom. The molecule has 0 aliphatic carbocycles. The topological polar surface area (TPSA) is 9.23 Å². The second-order valence-corrected chi connectivity index (χ2v) is 5.46. The van der Waals surface area contributed by atoms with E-state index in [1.54, 1.807) is 0 Å². The van der Waals surface area contributed by atoms with E-state index in [0.717, 1.165) is 19.4 Å². The lowest BCUT2D eigenvalue weighted by Gasteiger charge is -2.14. The minimum Gasteiger partial charge on any atom is -0.369 e. The summed E-state index contributed by atoms with van der Waals surface area (Å²) in [5, 5.41) is 0. The first-order valence-corrected chi connectivity index (χ1v) is 7.83. The Balaban J connectivity index is 2.84. The molecule has 1 rings (SSSR count). The van der Waals surface area contributed by atoms with Crippen molar-refractivity contribution in [2.45, 2.75) is 72.3 Å². The lowest BCUT2D eigenvalue weighted by Crippen LogP contribution is -2.03. The molecule has 1 heteroatoms. The van der Waals surface area contributed by atoms with Crippen LogP contribution in [0.1, 0.15) is 66.2 Å². The summed E-state index contributed by atoms with van der Waals surface area (Å²) >= 11 is 0.